The lowest BCUT2D eigenvalue weighted by Gasteiger charge is -1.93. The molecular weight excluding hydrogens is 266 g/mol. The number of nitrogen functional groups attached to an aromatic ring is 1. The smallest absolute Gasteiger partial charge is 0.399 e. The minimum absolute atomic E-state index is 0.730. The van der Waals surface area contributed by atoms with Crippen molar-refractivity contribution in [3.05, 3.63) is 54.6 Å². The fourth-order valence-corrected chi connectivity index (χ4v) is 1.15. The summed E-state index contributed by atoms with van der Waals surface area (Å²) in [5.41, 5.74) is 7.93. The first-order valence-corrected chi connectivity index (χ1v) is 6.17. The third kappa shape index (κ3) is 6.69. The number of rotatable bonds is 2. The van der Waals surface area contributed by atoms with Crippen LogP contribution in [0.5, 0.6) is 0 Å². The van der Waals surface area contributed by atoms with Crippen molar-refractivity contribution in [1.29, 1.82) is 0 Å². The van der Waals surface area contributed by atoms with Crippen LogP contribution in [0.15, 0.2) is 64.8 Å². The summed E-state index contributed by atoms with van der Waals surface area (Å²) in [4.78, 5) is 0. The lowest BCUT2D eigenvalue weighted by molar-refractivity contribution is 0.559. The van der Waals surface area contributed by atoms with E-state index < -0.39 is 10.6 Å². The number of benzene rings is 2. The second-order valence-corrected chi connectivity index (χ2v) is 3.74. The van der Waals surface area contributed by atoms with Crippen molar-refractivity contribution >= 4 is 27.7 Å². The molecule has 0 heterocycles. The summed E-state index contributed by atoms with van der Waals surface area (Å²) in [6.07, 6.45) is 0. The van der Waals surface area contributed by atoms with Crippen LogP contribution in [0.1, 0.15) is 0 Å². The van der Waals surface area contributed by atoms with Gasteiger partial charge < -0.3 is 5.73 Å². The highest BCUT2D eigenvalue weighted by Crippen LogP contribution is 2.18. The molecule has 2 aromatic rings. The second-order valence-electron chi connectivity index (χ2n) is 3.33. The van der Waals surface area contributed by atoms with Gasteiger partial charge in [0.15, 0.2) is 0 Å². The van der Waals surface area contributed by atoms with Crippen LogP contribution >= 0.6 is 0 Å². The van der Waals surface area contributed by atoms with Gasteiger partial charge in [-0.25, -0.2) is 0 Å². The quantitative estimate of drug-likeness (QED) is 0.673. The van der Waals surface area contributed by atoms with Crippen molar-refractivity contribution in [2.45, 2.75) is 0 Å². The van der Waals surface area contributed by atoms with Crippen LogP contribution in [-0.4, -0.2) is 12.6 Å². The van der Waals surface area contributed by atoms with Gasteiger partial charge in [-0.3, -0.25) is 0 Å². The summed E-state index contributed by atoms with van der Waals surface area (Å²) in [5.74, 6) is 0. The number of azo groups is 1. The van der Waals surface area contributed by atoms with Crippen molar-refractivity contribution in [1.82, 2.24) is 0 Å². The zero-order valence-corrected chi connectivity index (χ0v) is 10.6. The van der Waals surface area contributed by atoms with E-state index in [1.54, 1.807) is 12.1 Å². The Labute approximate surface area is 111 Å². The molecule has 98 valence electrons. The zero-order valence-electron chi connectivity index (χ0n) is 9.80. The first kappa shape index (κ1) is 14.5. The summed E-state index contributed by atoms with van der Waals surface area (Å²) in [6, 6.07) is 16.9. The molecule has 0 aliphatic heterocycles. The van der Waals surface area contributed by atoms with Crippen molar-refractivity contribution in [2.24, 2.45) is 10.2 Å². The van der Waals surface area contributed by atoms with Gasteiger partial charge in [-0.15, -0.1) is 12.6 Å². The molecule has 0 amide bonds. The van der Waals surface area contributed by atoms with Gasteiger partial charge in [0, 0.05) is 5.69 Å². The Morgan fingerprint density at radius 2 is 1.16 bits per heavy atom. The van der Waals surface area contributed by atoms with Gasteiger partial charge in [-0.2, -0.15) is 10.2 Å². The first-order valence-electron chi connectivity index (χ1n) is 5.17. The minimum atomic E-state index is -3.11. The van der Waals surface area contributed by atoms with Crippen LogP contribution in [0.2, 0.25) is 0 Å². The summed E-state index contributed by atoms with van der Waals surface area (Å²) in [5, 5.41) is 8.18. The predicted molar refractivity (Wildman–Crippen MR) is 71.2 cm³/mol. The largest absolute Gasteiger partial charge is 0.425 e. The van der Waals surface area contributed by atoms with E-state index in [0.29, 0.717) is 0 Å². The SMILES string of the molecule is Nc1ccc(N=Nc2ccccc2)cc1.O=S(=O)=O. The van der Waals surface area contributed by atoms with Crippen LogP contribution in [0, 0.1) is 0 Å². The Balaban J connectivity index is 0.000000399. The maximum atomic E-state index is 8.44. The predicted octanol–water partition coefficient (Wildman–Crippen LogP) is 2.68. The summed E-state index contributed by atoms with van der Waals surface area (Å²) in [6.45, 7) is 0. The van der Waals surface area contributed by atoms with Crippen LogP contribution < -0.4 is 5.73 Å². The van der Waals surface area contributed by atoms with E-state index in [-0.39, 0.29) is 0 Å². The third-order valence-corrected chi connectivity index (χ3v) is 1.93. The van der Waals surface area contributed by atoms with E-state index in [2.05, 4.69) is 10.2 Å². The van der Waals surface area contributed by atoms with Gasteiger partial charge in [0.25, 0.3) is 0 Å². The number of nitrogens with zero attached hydrogens (tertiary/aromatic N) is 2. The standard InChI is InChI=1S/C12H11N3.O3S/c13-10-6-8-12(9-7-10)15-14-11-4-2-1-3-5-11;1-4(2)3/h1-9H,13H2;. The Hall–Kier alpha value is -2.54. The number of anilines is 1. The van der Waals surface area contributed by atoms with E-state index in [0.717, 1.165) is 17.1 Å². The minimum Gasteiger partial charge on any atom is -0.399 e. The highest BCUT2D eigenvalue weighted by molar-refractivity contribution is 7.59. The molecule has 19 heavy (non-hydrogen) atoms. The summed E-state index contributed by atoms with van der Waals surface area (Å²) in [7, 11) is -3.11. The Kier molecular flexibility index (Phi) is 5.90. The van der Waals surface area contributed by atoms with Gasteiger partial charge in [-0.1, -0.05) is 18.2 Å². The van der Waals surface area contributed by atoms with Crippen LogP contribution in [-0.2, 0) is 10.6 Å². The lowest BCUT2D eigenvalue weighted by atomic mass is 10.3. The van der Waals surface area contributed by atoms with Crippen LogP contribution in [0.3, 0.4) is 0 Å². The third-order valence-electron chi connectivity index (χ3n) is 1.93. The summed E-state index contributed by atoms with van der Waals surface area (Å²) >= 11 is 0. The molecule has 0 atom stereocenters. The van der Waals surface area contributed by atoms with E-state index in [4.69, 9.17) is 18.4 Å². The molecule has 0 saturated heterocycles. The monoisotopic (exact) mass is 277 g/mol. The molecule has 6 nitrogen and oxygen atoms in total. The number of hydrogen-bond acceptors (Lipinski definition) is 6. The van der Waals surface area contributed by atoms with Crippen molar-refractivity contribution < 1.29 is 12.6 Å². The molecule has 0 unspecified atom stereocenters. The average molecular weight is 277 g/mol. The molecule has 2 rings (SSSR count). The highest BCUT2D eigenvalue weighted by atomic mass is 32.2. The van der Waals surface area contributed by atoms with E-state index >= 15 is 0 Å². The van der Waals surface area contributed by atoms with Crippen LogP contribution in [0.25, 0.3) is 0 Å². The molecule has 0 radical (unpaired) electrons. The molecular formula is C12H11N3O3S. The van der Waals surface area contributed by atoms with E-state index in [1.807, 2.05) is 42.5 Å². The molecule has 0 aromatic heterocycles. The van der Waals surface area contributed by atoms with Gasteiger partial charge in [0.2, 0.25) is 0 Å². The van der Waals surface area contributed by atoms with Gasteiger partial charge in [0.05, 0.1) is 11.4 Å². The van der Waals surface area contributed by atoms with Crippen molar-refractivity contribution in [2.75, 3.05) is 5.73 Å². The maximum absolute atomic E-state index is 8.44. The topological polar surface area (TPSA) is 102 Å². The zero-order chi connectivity index (χ0) is 14.1. The molecule has 2 aromatic carbocycles. The van der Waals surface area contributed by atoms with Gasteiger partial charge in [-0.05, 0) is 36.4 Å². The highest BCUT2D eigenvalue weighted by Gasteiger charge is 1.89. The van der Waals surface area contributed by atoms with Gasteiger partial charge in [0.1, 0.15) is 0 Å². The molecule has 0 bridgehead atoms. The van der Waals surface area contributed by atoms with Crippen molar-refractivity contribution in [3.8, 4) is 0 Å². The summed E-state index contributed by atoms with van der Waals surface area (Å²) < 4.78 is 25.3. The Morgan fingerprint density at radius 1 is 0.737 bits per heavy atom. The van der Waals surface area contributed by atoms with E-state index in [1.165, 1.54) is 0 Å². The fraction of sp³-hybridized carbons (Fsp3) is 0. The Bertz CT molecular complexity index is 631. The maximum Gasteiger partial charge on any atom is 0.425 e. The molecule has 7 heteroatoms. The number of nitrogens with two attached hydrogens (primary N) is 1. The first-order chi connectivity index (χ1) is 9.08. The molecule has 0 spiro atoms. The van der Waals surface area contributed by atoms with Gasteiger partial charge >= 0.3 is 10.6 Å². The lowest BCUT2D eigenvalue weighted by Crippen LogP contribution is -1.80. The molecule has 0 aliphatic carbocycles. The van der Waals surface area contributed by atoms with Crippen molar-refractivity contribution in [3.63, 3.8) is 0 Å². The molecule has 2 N–H and O–H groups in total. The second kappa shape index (κ2) is 7.72. The molecule has 0 fully saturated rings. The van der Waals surface area contributed by atoms with Crippen LogP contribution in [0.4, 0.5) is 17.1 Å². The molecule has 0 aliphatic rings. The van der Waals surface area contributed by atoms with E-state index in [9.17, 15) is 0 Å². The average Bonchev–Trinajstić information content (AvgIpc) is 2.39. The molecule has 0 saturated carbocycles. The normalized spacial score (nSPS) is 9.68. The Morgan fingerprint density at radius 3 is 1.63 bits per heavy atom. The fourth-order valence-electron chi connectivity index (χ4n) is 1.15. The number of hydrogen-bond donors (Lipinski definition) is 1.